The molecule has 0 N–H and O–H groups in total. The third kappa shape index (κ3) is 4.07. The van der Waals surface area contributed by atoms with Gasteiger partial charge in [0.1, 0.15) is 11.6 Å². The van der Waals surface area contributed by atoms with Crippen molar-refractivity contribution in [3.63, 3.8) is 0 Å². The minimum atomic E-state index is -1.45. The van der Waals surface area contributed by atoms with E-state index in [-0.39, 0.29) is 11.6 Å². The third-order valence-electron chi connectivity index (χ3n) is 3.32. The van der Waals surface area contributed by atoms with Crippen LogP contribution in [0.2, 0.25) is 0 Å². The summed E-state index contributed by atoms with van der Waals surface area (Å²) in [6.45, 7) is 0. The van der Waals surface area contributed by atoms with Gasteiger partial charge in [-0.3, -0.25) is 0 Å². The maximum absolute atomic E-state index is 12.9. The number of rotatable bonds is 4. The molecule has 0 aliphatic carbocycles. The maximum atomic E-state index is 12.9. The van der Waals surface area contributed by atoms with E-state index in [1.165, 1.54) is 36.4 Å². The Morgan fingerprint density at radius 3 is 1.88 bits per heavy atom. The van der Waals surface area contributed by atoms with E-state index < -0.39 is 11.2 Å². The van der Waals surface area contributed by atoms with Gasteiger partial charge < -0.3 is 4.55 Å². The molecule has 5 heteroatoms. The number of nitrogens with zero attached hydrogens (tertiary/aromatic N) is 1. The molecule has 2 aromatic carbocycles. The highest BCUT2D eigenvalue weighted by atomic mass is 32.2. The molecule has 24 heavy (non-hydrogen) atoms. The van der Waals surface area contributed by atoms with E-state index in [1.54, 1.807) is 30.5 Å². The Kier molecular flexibility index (Phi) is 5.03. The first kappa shape index (κ1) is 16.4. The van der Waals surface area contributed by atoms with Gasteiger partial charge in [-0.2, -0.15) is 0 Å². The lowest BCUT2D eigenvalue weighted by atomic mass is 10.2. The van der Waals surface area contributed by atoms with Gasteiger partial charge in [-0.05, 0) is 53.6 Å². The molecule has 0 amide bonds. The highest BCUT2D eigenvalue weighted by Crippen LogP contribution is 2.20. The normalized spacial score (nSPS) is 12.5. The Morgan fingerprint density at radius 1 is 0.750 bits per heavy atom. The highest BCUT2D eigenvalue weighted by Gasteiger charge is 2.15. The summed E-state index contributed by atoms with van der Waals surface area (Å²) in [6.07, 6.45) is 5.29. The van der Waals surface area contributed by atoms with Crippen LogP contribution in [0, 0.1) is 11.6 Å². The molecule has 1 aromatic heterocycles. The second-order valence-electron chi connectivity index (χ2n) is 5.04. The van der Waals surface area contributed by atoms with Crippen molar-refractivity contribution in [3.05, 3.63) is 89.6 Å². The first-order valence-corrected chi connectivity index (χ1v) is 8.34. The Balaban J connectivity index is 1.73. The SMILES string of the molecule is [O-][S+](c1ccc(F)cc1)c1ccc(/C=C/c2ccc(F)cc2)cn1. The predicted octanol–water partition coefficient (Wildman–Crippen LogP) is 4.70. The van der Waals surface area contributed by atoms with Gasteiger partial charge >= 0.3 is 0 Å². The summed E-state index contributed by atoms with van der Waals surface area (Å²) < 4.78 is 38.1. The van der Waals surface area contributed by atoms with Crippen LogP contribution in [0.4, 0.5) is 8.78 Å². The Labute approximate surface area is 141 Å². The quantitative estimate of drug-likeness (QED) is 0.645. The van der Waals surface area contributed by atoms with Crippen molar-refractivity contribution >= 4 is 23.3 Å². The molecule has 0 saturated heterocycles. The van der Waals surface area contributed by atoms with E-state index in [0.29, 0.717) is 9.92 Å². The van der Waals surface area contributed by atoms with E-state index in [4.69, 9.17) is 0 Å². The van der Waals surface area contributed by atoms with E-state index in [9.17, 15) is 13.3 Å². The number of hydrogen-bond donors (Lipinski definition) is 0. The molecule has 3 rings (SSSR count). The summed E-state index contributed by atoms with van der Waals surface area (Å²) >= 11 is -1.45. The van der Waals surface area contributed by atoms with Crippen LogP contribution >= 0.6 is 0 Å². The van der Waals surface area contributed by atoms with Gasteiger partial charge in [0.05, 0.1) is 0 Å². The topological polar surface area (TPSA) is 36.0 Å². The van der Waals surface area contributed by atoms with Gasteiger partial charge in [0.15, 0.2) is 4.90 Å². The average Bonchev–Trinajstić information content (AvgIpc) is 2.62. The Morgan fingerprint density at radius 2 is 1.29 bits per heavy atom. The first-order valence-electron chi connectivity index (χ1n) is 7.19. The molecule has 0 spiro atoms. The van der Waals surface area contributed by atoms with Gasteiger partial charge in [0.25, 0.3) is 0 Å². The Bertz CT molecular complexity index is 831. The lowest BCUT2D eigenvalue weighted by molar-refractivity contribution is 0.590. The van der Waals surface area contributed by atoms with Crippen LogP contribution in [0.1, 0.15) is 11.1 Å². The molecule has 0 aliphatic heterocycles. The average molecular weight is 341 g/mol. The zero-order valence-corrected chi connectivity index (χ0v) is 13.3. The van der Waals surface area contributed by atoms with Crippen molar-refractivity contribution < 1.29 is 13.3 Å². The van der Waals surface area contributed by atoms with Crippen LogP contribution < -0.4 is 0 Å². The number of halogens is 2. The van der Waals surface area contributed by atoms with Crippen molar-refractivity contribution in [2.45, 2.75) is 9.92 Å². The van der Waals surface area contributed by atoms with Crippen molar-refractivity contribution in [2.75, 3.05) is 0 Å². The van der Waals surface area contributed by atoms with Crippen LogP contribution in [0.25, 0.3) is 12.2 Å². The highest BCUT2D eigenvalue weighted by molar-refractivity contribution is 7.91. The molecule has 0 aliphatic rings. The van der Waals surface area contributed by atoms with Crippen LogP contribution in [0.3, 0.4) is 0 Å². The molecule has 120 valence electrons. The van der Waals surface area contributed by atoms with Gasteiger partial charge in [-0.15, -0.1) is 0 Å². The van der Waals surface area contributed by atoms with Crippen LogP contribution in [0.15, 0.2) is 76.8 Å². The summed E-state index contributed by atoms with van der Waals surface area (Å²) in [5.74, 6) is -0.647. The van der Waals surface area contributed by atoms with Crippen molar-refractivity contribution in [1.82, 2.24) is 4.98 Å². The van der Waals surface area contributed by atoms with Crippen LogP contribution in [-0.4, -0.2) is 9.54 Å². The van der Waals surface area contributed by atoms with Crippen molar-refractivity contribution in [1.29, 1.82) is 0 Å². The monoisotopic (exact) mass is 341 g/mol. The zero-order chi connectivity index (χ0) is 16.9. The third-order valence-corrected chi connectivity index (χ3v) is 4.64. The lowest BCUT2D eigenvalue weighted by Crippen LogP contribution is -2.04. The van der Waals surface area contributed by atoms with Crippen molar-refractivity contribution in [3.8, 4) is 0 Å². The molecule has 0 bridgehead atoms. The molecule has 1 unspecified atom stereocenters. The number of pyridine rings is 1. The van der Waals surface area contributed by atoms with E-state index in [0.717, 1.165) is 11.1 Å². The molecule has 2 nitrogen and oxygen atoms in total. The standard InChI is InChI=1S/C19H13F2NOS/c20-16-6-3-14(4-7-16)1-2-15-5-12-19(22-13-15)24(23)18-10-8-17(21)9-11-18/h1-13H/b2-1+. The fourth-order valence-electron chi connectivity index (χ4n) is 2.05. The van der Waals surface area contributed by atoms with E-state index in [1.807, 2.05) is 12.2 Å². The largest absolute Gasteiger partial charge is 0.605 e. The first-order chi connectivity index (χ1) is 11.6. The fraction of sp³-hybridized carbons (Fsp3) is 0. The summed E-state index contributed by atoms with van der Waals surface area (Å²) in [7, 11) is 0. The van der Waals surface area contributed by atoms with Crippen LogP contribution in [-0.2, 0) is 11.2 Å². The lowest BCUT2D eigenvalue weighted by Gasteiger charge is -2.08. The van der Waals surface area contributed by atoms with Crippen LogP contribution in [0.5, 0.6) is 0 Å². The molecule has 1 heterocycles. The van der Waals surface area contributed by atoms with Gasteiger partial charge in [0, 0.05) is 23.4 Å². The smallest absolute Gasteiger partial charge is 0.250 e. The van der Waals surface area contributed by atoms with Gasteiger partial charge in [-0.25, -0.2) is 13.8 Å². The van der Waals surface area contributed by atoms with E-state index >= 15 is 0 Å². The summed E-state index contributed by atoms with van der Waals surface area (Å²) in [5.41, 5.74) is 1.70. The molecular formula is C19H13F2NOS. The molecule has 0 fully saturated rings. The minimum Gasteiger partial charge on any atom is -0.605 e. The van der Waals surface area contributed by atoms with Gasteiger partial charge in [-0.1, -0.05) is 24.3 Å². The maximum Gasteiger partial charge on any atom is 0.250 e. The van der Waals surface area contributed by atoms with E-state index in [2.05, 4.69) is 4.98 Å². The second-order valence-corrected chi connectivity index (χ2v) is 6.46. The Hall–Kier alpha value is -2.50. The summed E-state index contributed by atoms with van der Waals surface area (Å²) in [4.78, 5) is 4.70. The minimum absolute atomic E-state index is 0.276. The number of aromatic nitrogens is 1. The predicted molar refractivity (Wildman–Crippen MR) is 90.6 cm³/mol. The number of hydrogen-bond acceptors (Lipinski definition) is 2. The molecule has 0 saturated carbocycles. The molecule has 3 aromatic rings. The van der Waals surface area contributed by atoms with Gasteiger partial charge in [0.2, 0.25) is 5.03 Å². The summed E-state index contributed by atoms with van der Waals surface area (Å²) in [6, 6.07) is 15.1. The molecule has 0 radical (unpaired) electrons. The number of benzene rings is 2. The summed E-state index contributed by atoms with van der Waals surface area (Å²) in [5, 5.41) is 0.403. The molecule has 1 atom stereocenters. The molecular weight excluding hydrogens is 328 g/mol. The van der Waals surface area contributed by atoms with Crippen molar-refractivity contribution in [2.24, 2.45) is 0 Å². The second kappa shape index (κ2) is 7.38. The fourth-order valence-corrected chi connectivity index (χ4v) is 3.01. The zero-order valence-electron chi connectivity index (χ0n) is 12.5.